The van der Waals surface area contributed by atoms with Crippen molar-refractivity contribution in [2.24, 2.45) is 0 Å². The summed E-state index contributed by atoms with van der Waals surface area (Å²) in [6.45, 7) is 0.186. The van der Waals surface area contributed by atoms with Gasteiger partial charge in [0.1, 0.15) is 12.4 Å². The Hall–Kier alpha value is -4.13. The second kappa shape index (κ2) is 9.58. The van der Waals surface area contributed by atoms with E-state index < -0.39 is 12.1 Å². The van der Waals surface area contributed by atoms with Crippen molar-refractivity contribution in [2.75, 3.05) is 6.61 Å². The second-order valence-corrected chi connectivity index (χ2v) is 7.09. The number of pyridine rings is 2. The molecule has 3 N–H and O–H groups in total. The molecule has 0 unspecified atom stereocenters. The smallest absolute Gasteiger partial charge is 0.405 e. The predicted molar refractivity (Wildman–Crippen MR) is 120 cm³/mol. The molecule has 0 aliphatic carbocycles. The number of benzene rings is 1. The molecule has 4 rings (SSSR count). The summed E-state index contributed by atoms with van der Waals surface area (Å²) in [5.41, 5.74) is 3.97. The molecular formula is C24H22N4O3. The highest BCUT2D eigenvalue weighted by Crippen LogP contribution is 2.20. The van der Waals surface area contributed by atoms with Gasteiger partial charge in [-0.05, 0) is 47.4 Å². The van der Waals surface area contributed by atoms with Crippen molar-refractivity contribution in [3.8, 4) is 5.75 Å². The molecule has 7 heteroatoms. The van der Waals surface area contributed by atoms with Gasteiger partial charge >= 0.3 is 6.09 Å². The van der Waals surface area contributed by atoms with Crippen molar-refractivity contribution in [2.45, 2.75) is 12.5 Å². The lowest BCUT2D eigenvalue weighted by Gasteiger charge is -2.17. The van der Waals surface area contributed by atoms with E-state index in [2.05, 4.69) is 20.3 Å². The SMILES string of the molecule is O=C(O)N[C@H](COc1cncc(C=Cc2ccncc2)c1)Cc1c[nH]c2ccccc12. The summed E-state index contributed by atoms with van der Waals surface area (Å²) in [5, 5.41) is 12.9. The van der Waals surface area contributed by atoms with Crippen molar-refractivity contribution in [1.29, 1.82) is 0 Å². The Morgan fingerprint density at radius 2 is 1.90 bits per heavy atom. The first-order valence-electron chi connectivity index (χ1n) is 9.88. The van der Waals surface area contributed by atoms with E-state index in [4.69, 9.17) is 4.74 Å². The standard InChI is InChI=1S/C24H22N4O3/c29-24(30)28-20(12-19-14-27-23-4-2-1-3-22(19)23)16-31-21-11-18(13-26-15-21)6-5-17-7-9-25-10-8-17/h1-11,13-15,20,27-28H,12,16H2,(H,29,30)/t20-/m0/s1. The van der Waals surface area contributed by atoms with Crippen LogP contribution in [-0.4, -0.2) is 38.8 Å². The number of carboxylic acid groups (broad SMARTS) is 1. The molecule has 3 heterocycles. The molecule has 0 fully saturated rings. The number of amides is 1. The first-order chi connectivity index (χ1) is 15.2. The highest BCUT2D eigenvalue weighted by molar-refractivity contribution is 5.83. The van der Waals surface area contributed by atoms with Crippen LogP contribution in [-0.2, 0) is 6.42 Å². The van der Waals surface area contributed by atoms with Crippen molar-refractivity contribution in [3.63, 3.8) is 0 Å². The number of carbonyl (C=O) groups is 1. The number of nitrogens with one attached hydrogen (secondary N) is 2. The maximum atomic E-state index is 11.3. The van der Waals surface area contributed by atoms with Gasteiger partial charge < -0.3 is 20.1 Å². The summed E-state index contributed by atoms with van der Waals surface area (Å²) in [6.07, 6.45) is 12.1. The number of nitrogens with zero attached hydrogens (tertiary/aromatic N) is 2. The van der Waals surface area contributed by atoms with Gasteiger partial charge in [0.2, 0.25) is 0 Å². The molecule has 1 aromatic carbocycles. The second-order valence-electron chi connectivity index (χ2n) is 7.09. The maximum Gasteiger partial charge on any atom is 0.405 e. The van der Waals surface area contributed by atoms with Crippen molar-refractivity contribution >= 4 is 29.1 Å². The van der Waals surface area contributed by atoms with Gasteiger partial charge in [-0.25, -0.2) is 4.79 Å². The largest absolute Gasteiger partial charge is 0.490 e. The number of rotatable bonds is 8. The Bertz CT molecular complexity index is 1190. The molecule has 31 heavy (non-hydrogen) atoms. The van der Waals surface area contributed by atoms with Crippen molar-refractivity contribution in [1.82, 2.24) is 20.3 Å². The van der Waals surface area contributed by atoms with Crippen LogP contribution in [0, 0.1) is 0 Å². The van der Waals surface area contributed by atoms with Crippen LogP contribution in [0.3, 0.4) is 0 Å². The molecule has 0 saturated heterocycles. The number of aromatic amines is 1. The lowest BCUT2D eigenvalue weighted by atomic mass is 10.1. The van der Waals surface area contributed by atoms with Crippen LogP contribution in [0.4, 0.5) is 4.79 Å². The molecule has 3 aromatic heterocycles. The molecule has 1 amide bonds. The average Bonchev–Trinajstić information content (AvgIpc) is 3.20. The zero-order valence-electron chi connectivity index (χ0n) is 16.7. The van der Waals surface area contributed by atoms with Crippen LogP contribution in [0.15, 0.2) is 73.4 Å². The summed E-state index contributed by atoms with van der Waals surface area (Å²) in [4.78, 5) is 22.7. The van der Waals surface area contributed by atoms with Gasteiger partial charge in [-0.1, -0.05) is 30.4 Å². The Labute approximate surface area is 179 Å². The zero-order chi connectivity index (χ0) is 21.5. The number of para-hydroxylation sites is 1. The molecule has 0 aliphatic rings. The molecular weight excluding hydrogens is 392 g/mol. The minimum absolute atomic E-state index is 0.186. The highest BCUT2D eigenvalue weighted by atomic mass is 16.5. The molecule has 0 bridgehead atoms. The fourth-order valence-electron chi connectivity index (χ4n) is 3.36. The first-order valence-corrected chi connectivity index (χ1v) is 9.88. The summed E-state index contributed by atoms with van der Waals surface area (Å²) < 4.78 is 5.88. The number of hydrogen-bond acceptors (Lipinski definition) is 4. The van der Waals surface area contributed by atoms with E-state index in [1.807, 2.05) is 60.8 Å². The van der Waals surface area contributed by atoms with E-state index in [0.29, 0.717) is 12.2 Å². The van der Waals surface area contributed by atoms with Crippen LogP contribution in [0.1, 0.15) is 16.7 Å². The topological polar surface area (TPSA) is 100 Å². The van der Waals surface area contributed by atoms with Crippen LogP contribution < -0.4 is 10.1 Å². The minimum atomic E-state index is -1.08. The Kier molecular flexibility index (Phi) is 6.23. The molecule has 4 aromatic rings. The number of aromatic nitrogens is 3. The first kappa shape index (κ1) is 20.2. The third-order valence-corrected chi connectivity index (χ3v) is 4.83. The lowest BCUT2D eigenvalue weighted by molar-refractivity contribution is 0.181. The van der Waals surface area contributed by atoms with E-state index >= 15 is 0 Å². The van der Waals surface area contributed by atoms with Crippen LogP contribution in [0.2, 0.25) is 0 Å². The predicted octanol–water partition coefficient (Wildman–Crippen LogP) is 4.39. The molecule has 0 radical (unpaired) electrons. The van der Waals surface area contributed by atoms with E-state index in [0.717, 1.165) is 27.6 Å². The number of ether oxygens (including phenoxy) is 1. The lowest BCUT2D eigenvalue weighted by Crippen LogP contribution is -2.39. The van der Waals surface area contributed by atoms with Crippen molar-refractivity contribution in [3.05, 3.63) is 90.1 Å². The molecule has 0 aliphatic heterocycles. The Morgan fingerprint density at radius 3 is 2.74 bits per heavy atom. The van der Waals surface area contributed by atoms with E-state index in [1.54, 1.807) is 24.8 Å². The summed E-state index contributed by atoms with van der Waals surface area (Å²) >= 11 is 0. The minimum Gasteiger partial charge on any atom is -0.490 e. The quantitative estimate of drug-likeness (QED) is 0.397. The van der Waals surface area contributed by atoms with Gasteiger partial charge in [0.15, 0.2) is 0 Å². The third-order valence-electron chi connectivity index (χ3n) is 4.83. The number of H-pyrrole nitrogens is 1. The molecule has 156 valence electrons. The molecule has 1 atom stereocenters. The molecule has 7 nitrogen and oxygen atoms in total. The Balaban J connectivity index is 1.43. The van der Waals surface area contributed by atoms with Gasteiger partial charge in [0.05, 0.1) is 12.2 Å². The number of fused-ring (bicyclic) bond motifs is 1. The average molecular weight is 414 g/mol. The summed E-state index contributed by atoms with van der Waals surface area (Å²) in [5.74, 6) is 0.577. The van der Waals surface area contributed by atoms with Gasteiger partial charge in [0, 0.05) is 35.7 Å². The van der Waals surface area contributed by atoms with E-state index in [-0.39, 0.29) is 6.61 Å². The number of hydrogen-bond donors (Lipinski definition) is 3. The third kappa shape index (κ3) is 5.48. The fourth-order valence-corrected chi connectivity index (χ4v) is 3.36. The highest BCUT2D eigenvalue weighted by Gasteiger charge is 2.16. The van der Waals surface area contributed by atoms with E-state index in [9.17, 15) is 9.90 Å². The molecule has 0 spiro atoms. The van der Waals surface area contributed by atoms with Gasteiger partial charge in [0.25, 0.3) is 0 Å². The molecule has 0 saturated carbocycles. The van der Waals surface area contributed by atoms with Gasteiger partial charge in [-0.3, -0.25) is 9.97 Å². The van der Waals surface area contributed by atoms with Crippen molar-refractivity contribution < 1.29 is 14.6 Å². The maximum absolute atomic E-state index is 11.3. The van der Waals surface area contributed by atoms with Gasteiger partial charge in [-0.15, -0.1) is 0 Å². The van der Waals surface area contributed by atoms with Crippen LogP contribution in [0.25, 0.3) is 23.1 Å². The van der Waals surface area contributed by atoms with Crippen LogP contribution in [0.5, 0.6) is 5.75 Å². The van der Waals surface area contributed by atoms with Crippen LogP contribution >= 0.6 is 0 Å². The summed E-state index contributed by atoms with van der Waals surface area (Å²) in [7, 11) is 0. The monoisotopic (exact) mass is 414 g/mol. The normalized spacial score (nSPS) is 12.1. The van der Waals surface area contributed by atoms with Gasteiger partial charge in [-0.2, -0.15) is 0 Å². The zero-order valence-corrected chi connectivity index (χ0v) is 16.7. The fraction of sp³-hybridized carbons (Fsp3) is 0.125. The van der Waals surface area contributed by atoms with E-state index in [1.165, 1.54) is 0 Å². The summed E-state index contributed by atoms with van der Waals surface area (Å²) in [6, 6.07) is 13.2. The Morgan fingerprint density at radius 1 is 1.10 bits per heavy atom.